The number of hydrogen-bond acceptors (Lipinski definition) is 4. The molecule has 7 nitrogen and oxygen atoms in total. The van der Waals surface area contributed by atoms with Crippen LogP contribution in [0.2, 0.25) is 0 Å². The van der Waals surface area contributed by atoms with Crippen molar-refractivity contribution in [2.45, 2.75) is 38.5 Å². The fourth-order valence-corrected chi connectivity index (χ4v) is 5.76. The first-order valence-corrected chi connectivity index (χ1v) is 14.5. The van der Waals surface area contributed by atoms with Crippen LogP contribution in [0.4, 0.5) is 15.8 Å². The average molecular weight is 557 g/mol. The van der Waals surface area contributed by atoms with Crippen molar-refractivity contribution >= 4 is 29.1 Å². The molecule has 2 aliphatic heterocycles. The number of benzene rings is 3. The Morgan fingerprint density at radius 2 is 1.49 bits per heavy atom. The second-order valence-corrected chi connectivity index (χ2v) is 10.7. The van der Waals surface area contributed by atoms with Crippen LogP contribution in [0.1, 0.15) is 64.8 Å². The Hall–Kier alpha value is -4.20. The highest BCUT2D eigenvalue weighted by atomic mass is 19.1. The van der Waals surface area contributed by atoms with Gasteiger partial charge in [-0.25, -0.2) is 4.39 Å². The normalized spacial score (nSPS) is 16.3. The molecule has 41 heavy (non-hydrogen) atoms. The molecule has 2 heterocycles. The third-order valence-electron chi connectivity index (χ3n) is 8.07. The van der Waals surface area contributed by atoms with Gasteiger partial charge in [0, 0.05) is 56.2 Å². The Morgan fingerprint density at radius 1 is 0.805 bits per heavy atom. The molecular weight excluding hydrogens is 519 g/mol. The molecule has 3 amide bonds. The molecule has 0 spiro atoms. The van der Waals surface area contributed by atoms with Crippen LogP contribution in [-0.2, 0) is 4.79 Å². The van der Waals surface area contributed by atoms with Crippen molar-refractivity contribution in [3.05, 3.63) is 95.3 Å². The van der Waals surface area contributed by atoms with E-state index in [4.69, 9.17) is 0 Å². The van der Waals surface area contributed by atoms with E-state index in [0.717, 1.165) is 36.9 Å². The minimum Gasteiger partial charge on any atom is -0.367 e. The minimum atomic E-state index is -0.410. The highest BCUT2D eigenvalue weighted by Crippen LogP contribution is 2.29. The van der Waals surface area contributed by atoms with E-state index in [1.54, 1.807) is 12.1 Å². The molecule has 1 N–H and O–H groups in total. The van der Waals surface area contributed by atoms with E-state index in [1.807, 2.05) is 53.1 Å². The van der Waals surface area contributed by atoms with Crippen molar-refractivity contribution < 1.29 is 18.8 Å². The van der Waals surface area contributed by atoms with Crippen molar-refractivity contribution in [3.8, 4) is 0 Å². The SMILES string of the molecule is CCC(C(=O)N1CCN(c2ccc(NC(=O)c3ccc(F)cc3)cc2C(=O)N2CCCCC2)CC1)c1ccccc1. The molecule has 0 aliphatic carbocycles. The van der Waals surface area contributed by atoms with Crippen molar-refractivity contribution in [1.29, 1.82) is 0 Å². The lowest BCUT2D eigenvalue weighted by Gasteiger charge is -2.38. The summed E-state index contributed by atoms with van der Waals surface area (Å²) in [5.41, 5.74) is 3.23. The standard InChI is InChI=1S/C33H37FN4O3/c1-2-28(24-9-5-3-6-10-24)32(40)38-21-19-36(20-22-38)30-16-15-27(35-31(39)25-11-13-26(34)14-12-25)23-29(30)33(41)37-17-7-4-8-18-37/h3,5-6,9-16,23,28H,2,4,7-8,17-22H2,1H3,(H,35,39). The topological polar surface area (TPSA) is 73.0 Å². The van der Waals surface area contributed by atoms with Crippen LogP contribution in [0.5, 0.6) is 0 Å². The Balaban J connectivity index is 1.34. The molecular formula is C33H37FN4O3. The molecule has 2 fully saturated rings. The number of piperidine rings is 1. The number of carbonyl (C=O) groups is 3. The Labute approximate surface area is 240 Å². The van der Waals surface area contributed by atoms with Gasteiger partial charge in [-0.2, -0.15) is 0 Å². The Morgan fingerprint density at radius 3 is 2.15 bits per heavy atom. The van der Waals surface area contributed by atoms with Gasteiger partial charge in [-0.3, -0.25) is 14.4 Å². The summed E-state index contributed by atoms with van der Waals surface area (Å²) in [4.78, 5) is 46.0. The molecule has 0 radical (unpaired) electrons. The van der Waals surface area contributed by atoms with Crippen LogP contribution < -0.4 is 10.2 Å². The van der Waals surface area contributed by atoms with E-state index in [9.17, 15) is 18.8 Å². The summed E-state index contributed by atoms with van der Waals surface area (Å²) in [6.45, 7) is 5.83. The number of hydrogen-bond donors (Lipinski definition) is 1. The van der Waals surface area contributed by atoms with E-state index in [2.05, 4.69) is 10.2 Å². The Kier molecular flexibility index (Phi) is 8.97. The summed E-state index contributed by atoms with van der Waals surface area (Å²) in [6, 6.07) is 20.7. The van der Waals surface area contributed by atoms with Crippen molar-refractivity contribution in [3.63, 3.8) is 0 Å². The van der Waals surface area contributed by atoms with Gasteiger partial charge >= 0.3 is 0 Å². The summed E-state index contributed by atoms with van der Waals surface area (Å²) in [7, 11) is 0. The van der Waals surface area contributed by atoms with Gasteiger partial charge in [0.25, 0.3) is 11.8 Å². The van der Waals surface area contributed by atoms with Gasteiger partial charge in [0.2, 0.25) is 5.91 Å². The number of rotatable bonds is 7. The second kappa shape index (κ2) is 13.0. The van der Waals surface area contributed by atoms with Crippen LogP contribution >= 0.6 is 0 Å². The summed E-state index contributed by atoms with van der Waals surface area (Å²) < 4.78 is 13.3. The van der Waals surface area contributed by atoms with Gasteiger partial charge in [0.15, 0.2) is 0 Å². The maximum absolute atomic E-state index is 13.7. The van der Waals surface area contributed by atoms with Crippen molar-refractivity contribution in [1.82, 2.24) is 9.80 Å². The lowest BCUT2D eigenvalue weighted by Crippen LogP contribution is -2.50. The zero-order valence-electron chi connectivity index (χ0n) is 23.5. The van der Waals surface area contributed by atoms with Crippen molar-refractivity contribution in [2.75, 3.05) is 49.5 Å². The second-order valence-electron chi connectivity index (χ2n) is 10.7. The number of likely N-dealkylation sites (tertiary alicyclic amines) is 1. The average Bonchev–Trinajstić information content (AvgIpc) is 3.02. The van der Waals surface area contributed by atoms with Crippen LogP contribution in [-0.4, -0.2) is 66.8 Å². The molecule has 0 saturated carbocycles. The molecule has 5 rings (SSSR count). The predicted molar refractivity (Wildman–Crippen MR) is 159 cm³/mol. The zero-order valence-corrected chi connectivity index (χ0v) is 23.5. The summed E-state index contributed by atoms with van der Waals surface area (Å²) in [5, 5.41) is 2.86. The highest BCUT2D eigenvalue weighted by Gasteiger charge is 2.30. The summed E-state index contributed by atoms with van der Waals surface area (Å²) >= 11 is 0. The quantitative estimate of drug-likeness (QED) is 0.415. The third kappa shape index (κ3) is 6.59. The van der Waals surface area contributed by atoms with E-state index >= 15 is 0 Å². The van der Waals surface area contributed by atoms with Crippen LogP contribution in [0.15, 0.2) is 72.8 Å². The number of amides is 3. The predicted octanol–water partition coefficient (Wildman–Crippen LogP) is 5.55. The van der Waals surface area contributed by atoms with Gasteiger partial charge in [0.05, 0.1) is 11.5 Å². The molecule has 2 aliphatic rings. The van der Waals surface area contributed by atoms with E-state index in [1.165, 1.54) is 24.3 Å². The molecule has 214 valence electrons. The van der Waals surface area contributed by atoms with Crippen molar-refractivity contribution in [2.24, 2.45) is 0 Å². The summed E-state index contributed by atoms with van der Waals surface area (Å²) in [6.07, 6.45) is 3.80. The molecule has 3 aromatic carbocycles. The van der Waals surface area contributed by atoms with E-state index in [-0.39, 0.29) is 23.6 Å². The Bertz CT molecular complexity index is 1360. The molecule has 3 aromatic rings. The number of nitrogens with zero attached hydrogens (tertiary/aromatic N) is 3. The van der Waals surface area contributed by atoms with E-state index in [0.29, 0.717) is 56.1 Å². The first kappa shape index (κ1) is 28.3. The molecule has 8 heteroatoms. The van der Waals surface area contributed by atoms with Gasteiger partial charge < -0.3 is 20.0 Å². The monoisotopic (exact) mass is 556 g/mol. The fraction of sp³-hybridized carbons (Fsp3) is 0.364. The maximum atomic E-state index is 13.7. The van der Waals surface area contributed by atoms with Gasteiger partial charge in [-0.05, 0) is 73.7 Å². The van der Waals surface area contributed by atoms with Gasteiger partial charge in [-0.15, -0.1) is 0 Å². The van der Waals surface area contributed by atoms with Crippen LogP contribution in [0, 0.1) is 5.82 Å². The van der Waals surface area contributed by atoms with Gasteiger partial charge in [-0.1, -0.05) is 37.3 Å². The number of piperazine rings is 1. The molecule has 1 atom stereocenters. The fourth-order valence-electron chi connectivity index (χ4n) is 5.76. The molecule has 2 saturated heterocycles. The molecule has 1 unspecified atom stereocenters. The van der Waals surface area contributed by atoms with E-state index < -0.39 is 5.82 Å². The van der Waals surface area contributed by atoms with Gasteiger partial charge in [0.1, 0.15) is 5.82 Å². The first-order chi connectivity index (χ1) is 19.9. The maximum Gasteiger partial charge on any atom is 0.256 e. The largest absolute Gasteiger partial charge is 0.367 e. The number of halogens is 1. The summed E-state index contributed by atoms with van der Waals surface area (Å²) in [5.74, 6) is -0.853. The smallest absolute Gasteiger partial charge is 0.256 e. The highest BCUT2D eigenvalue weighted by molar-refractivity contribution is 6.06. The van der Waals surface area contributed by atoms with Crippen LogP contribution in [0.3, 0.4) is 0 Å². The minimum absolute atomic E-state index is 0.0498. The zero-order chi connectivity index (χ0) is 28.8. The third-order valence-corrected chi connectivity index (χ3v) is 8.07. The lowest BCUT2D eigenvalue weighted by molar-refractivity contribution is -0.133. The van der Waals surface area contributed by atoms with Crippen LogP contribution in [0.25, 0.3) is 0 Å². The lowest BCUT2D eigenvalue weighted by atomic mass is 9.94. The first-order valence-electron chi connectivity index (χ1n) is 14.5. The number of anilines is 2. The molecule has 0 aromatic heterocycles. The number of carbonyl (C=O) groups excluding carboxylic acids is 3. The number of nitrogens with one attached hydrogen (secondary N) is 1. The molecule has 0 bridgehead atoms.